The molecule has 1 aromatic carbocycles. The summed E-state index contributed by atoms with van der Waals surface area (Å²) in [6, 6.07) is 9.38. The minimum atomic E-state index is 0.605. The Morgan fingerprint density at radius 3 is 2.17 bits per heavy atom. The average Bonchev–Trinajstić information content (AvgIpc) is 2.60. The van der Waals surface area contributed by atoms with E-state index < -0.39 is 0 Å². The van der Waals surface area contributed by atoms with Crippen molar-refractivity contribution in [1.29, 1.82) is 5.26 Å². The van der Waals surface area contributed by atoms with E-state index in [9.17, 15) is 0 Å². The molecule has 0 spiro atoms. The minimum Gasteiger partial charge on any atom is -0.244 e. The van der Waals surface area contributed by atoms with Crippen LogP contribution in [0.3, 0.4) is 0 Å². The monoisotopic (exact) mass is 299 g/mol. The zero-order valence-corrected chi connectivity index (χ0v) is 13.1. The number of nitrogens with zero attached hydrogens (tertiary/aromatic N) is 3. The summed E-state index contributed by atoms with van der Waals surface area (Å²) < 4.78 is 0. The van der Waals surface area contributed by atoms with Crippen molar-refractivity contribution in [2.75, 3.05) is 0 Å². The van der Waals surface area contributed by atoms with Gasteiger partial charge in [0.15, 0.2) is 0 Å². The molecule has 0 aliphatic rings. The zero-order valence-electron chi connectivity index (χ0n) is 13.1. The fourth-order valence-electron chi connectivity index (χ4n) is 2.20. The fourth-order valence-corrected chi connectivity index (χ4v) is 2.20. The molecule has 2 aromatic rings. The highest BCUT2D eigenvalue weighted by Gasteiger charge is 2.14. The van der Waals surface area contributed by atoms with Gasteiger partial charge < -0.3 is 0 Å². The van der Waals surface area contributed by atoms with Crippen LogP contribution in [0.25, 0.3) is 29.0 Å². The molecule has 0 radical (unpaired) electrons. The summed E-state index contributed by atoms with van der Waals surface area (Å²) in [4.78, 5) is 9.35. The third-order valence-electron chi connectivity index (χ3n) is 3.37. The smallest absolute Gasteiger partial charge is 0.0991 e. The molecule has 0 N–H and O–H groups in total. The molecule has 0 bridgehead atoms. The van der Waals surface area contributed by atoms with E-state index in [-0.39, 0.29) is 0 Å². The molecule has 0 unspecified atom stereocenters. The zero-order chi connectivity index (χ0) is 16.8. The van der Waals surface area contributed by atoms with E-state index >= 15 is 0 Å². The third kappa shape index (κ3) is 3.33. The Labute approximate surface area is 136 Å². The van der Waals surface area contributed by atoms with Gasteiger partial charge in [-0.25, -0.2) is 9.97 Å². The number of hydrogen-bond donors (Lipinski definition) is 0. The molecule has 0 fully saturated rings. The van der Waals surface area contributed by atoms with Gasteiger partial charge in [-0.2, -0.15) is 5.26 Å². The van der Waals surface area contributed by atoms with Gasteiger partial charge in [-0.3, -0.25) is 0 Å². The molecule has 1 heterocycles. The maximum atomic E-state index is 8.94. The van der Waals surface area contributed by atoms with Crippen LogP contribution >= 0.6 is 0 Å². The number of benzene rings is 1. The van der Waals surface area contributed by atoms with Gasteiger partial charge in [-0.05, 0) is 36.8 Å². The molecular formula is C20H17N3. The van der Waals surface area contributed by atoms with Crippen LogP contribution in [0.5, 0.6) is 0 Å². The van der Waals surface area contributed by atoms with E-state index in [0.717, 1.165) is 22.5 Å². The van der Waals surface area contributed by atoms with Gasteiger partial charge in [-0.1, -0.05) is 44.0 Å². The summed E-state index contributed by atoms with van der Waals surface area (Å²) in [5.74, 6) is 0. The molecule has 3 nitrogen and oxygen atoms in total. The maximum absolute atomic E-state index is 8.94. The molecule has 0 saturated heterocycles. The molecule has 0 amide bonds. The Balaban J connectivity index is 2.74. The second kappa shape index (κ2) is 7.15. The third-order valence-corrected chi connectivity index (χ3v) is 3.37. The van der Waals surface area contributed by atoms with Crippen LogP contribution in [0.1, 0.15) is 29.6 Å². The predicted octanol–water partition coefficient (Wildman–Crippen LogP) is 4.89. The van der Waals surface area contributed by atoms with Crippen molar-refractivity contribution < 1.29 is 0 Å². The molecule has 0 aliphatic carbocycles. The molecule has 3 heteroatoms. The molecule has 0 aliphatic heterocycles. The second-order valence-corrected chi connectivity index (χ2v) is 4.87. The van der Waals surface area contributed by atoms with Crippen molar-refractivity contribution in [2.24, 2.45) is 0 Å². The summed E-state index contributed by atoms with van der Waals surface area (Å²) in [6.45, 7) is 13.3. The van der Waals surface area contributed by atoms with Crippen LogP contribution in [0.2, 0.25) is 0 Å². The van der Waals surface area contributed by atoms with E-state index in [0.29, 0.717) is 17.0 Å². The van der Waals surface area contributed by atoms with Crippen molar-refractivity contribution in [2.45, 2.75) is 6.92 Å². The lowest BCUT2D eigenvalue weighted by Crippen LogP contribution is -2.01. The van der Waals surface area contributed by atoms with E-state index in [4.69, 9.17) is 5.26 Å². The summed E-state index contributed by atoms with van der Waals surface area (Å²) in [5.41, 5.74) is 5.31. The van der Waals surface area contributed by atoms with Crippen LogP contribution in [0, 0.1) is 11.3 Å². The lowest BCUT2D eigenvalue weighted by molar-refractivity contribution is 1.13. The molecule has 1 aromatic heterocycles. The first kappa shape index (κ1) is 16.1. The number of rotatable bonds is 5. The lowest BCUT2D eigenvalue weighted by Gasteiger charge is -2.12. The quantitative estimate of drug-likeness (QED) is 0.738. The lowest BCUT2D eigenvalue weighted by atomic mass is 10.0. The van der Waals surface area contributed by atoms with Gasteiger partial charge in [0.1, 0.15) is 0 Å². The van der Waals surface area contributed by atoms with Gasteiger partial charge in [0.2, 0.25) is 0 Å². The summed E-state index contributed by atoms with van der Waals surface area (Å²) in [5, 5.41) is 8.94. The Bertz CT molecular complexity index is 834. The van der Waals surface area contributed by atoms with Gasteiger partial charge >= 0.3 is 0 Å². The van der Waals surface area contributed by atoms with Crippen molar-refractivity contribution in [3.8, 4) is 17.3 Å². The van der Waals surface area contributed by atoms with Crippen LogP contribution in [0.15, 0.2) is 56.2 Å². The fraction of sp³-hybridized carbons (Fsp3) is 0.0500. The Kier molecular flexibility index (Phi) is 5.01. The molecule has 0 saturated carbocycles. The highest BCUT2D eigenvalue weighted by molar-refractivity contribution is 5.78. The SMILES string of the molecule is C=C/C=C(\C)c1nc(C=C)c(C=C)nc1-c1ccc(C#N)cc1. The van der Waals surface area contributed by atoms with E-state index in [1.165, 1.54) is 0 Å². The van der Waals surface area contributed by atoms with Gasteiger partial charge in [0, 0.05) is 5.56 Å². The highest BCUT2D eigenvalue weighted by atomic mass is 14.8. The number of aromatic nitrogens is 2. The second-order valence-electron chi connectivity index (χ2n) is 4.87. The van der Waals surface area contributed by atoms with Crippen molar-refractivity contribution in [3.05, 3.63) is 78.8 Å². The first-order valence-corrected chi connectivity index (χ1v) is 7.11. The van der Waals surface area contributed by atoms with Gasteiger partial charge in [0.05, 0.1) is 34.4 Å². The van der Waals surface area contributed by atoms with Crippen LogP contribution in [-0.2, 0) is 0 Å². The van der Waals surface area contributed by atoms with Gasteiger partial charge in [-0.15, -0.1) is 0 Å². The number of nitriles is 1. The van der Waals surface area contributed by atoms with E-state index in [2.05, 4.69) is 35.8 Å². The molecular weight excluding hydrogens is 282 g/mol. The van der Waals surface area contributed by atoms with Crippen molar-refractivity contribution >= 4 is 17.7 Å². The Hall–Kier alpha value is -3.25. The number of allylic oxidation sites excluding steroid dienone is 3. The Morgan fingerprint density at radius 2 is 1.65 bits per heavy atom. The largest absolute Gasteiger partial charge is 0.244 e. The first-order valence-electron chi connectivity index (χ1n) is 7.11. The standard InChI is InChI=1S/C20H17N3/c1-5-8-14(4)19-20(16-11-9-15(13-21)10-12-16)23-18(7-3)17(6-2)22-19/h5-12H,1-3H2,4H3/b14-8+. The highest BCUT2D eigenvalue weighted by Crippen LogP contribution is 2.28. The topological polar surface area (TPSA) is 49.6 Å². The van der Waals surface area contributed by atoms with E-state index in [1.807, 2.05) is 25.1 Å². The maximum Gasteiger partial charge on any atom is 0.0991 e. The van der Waals surface area contributed by atoms with Crippen molar-refractivity contribution in [3.63, 3.8) is 0 Å². The summed E-state index contributed by atoms with van der Waals surface area (Å²) in [7, 11) is 0. The van der Waals surface area contributed by atoms with Crippen LogP contribution in [-0.4, -0.2) is 9.97 Å². The first-order chi connectivity index (χ1) is 11.1. The number of hydrogen-bond acceptors (Lipinski definition) is 3. The normalized spacial score (nSPS) is 10.7. The summed E-state index contributed by atoms with van der Waals surface area (Å²) >= 11 is 0. The average molecular weight is 299 g/mol. The molecule has 23 heavy (non-hydrogen) atoms. The predicted molar refractivity (Wildman–Crippen MR) is 96.2 cm³/mol. The summed E-state index contributed by atoms with van der Waals surface area (Å²) in [6.07, 6.45) is 6.93. The minimum absolute atomic E-state index is 0.605. The van der Waals surface area contributed by atoms with Gasteiger partial charge in [0.25, 0.3) is 0 Å². The molecule has 2 rings (SSSR count). The van der Waals surface area contributed by atoms with Crippen LogP contribution in [0.4, 0.5) is 0 Å². The van der Waals surface area contributed by atoms with E-state index in [1.54, 1.807) is 30.4 Å². The molecule has 112 valence electrons. The Morgan fingerprint density at radius 1 is 1.04 bits per heavy atom. The van der Waals surface area contributed by atoms with Crippen molar-refractivity contribution in [1.82, 2.24) is 9.97 Å². The van der Waals surface area contributed by atoms with Crippen LogP contribution < -0.4 is 0 Å². The molecule has 0 atom stereocenters.